The fraction of sp³-hybridized carbons (Fsp3) is 0.227. The zero-order chi connectivity index (χ0) is 21.3. The third-order valence-corrected chi connectivity index (χ3v) is 5.85. The molecule has 1 aliphatic rings. The molecule has 0 N–H and O–H groups in total. The molecule has 0 aliphatic carbocycles. The molecule has 2 aromatic heterocycles. The molecule has 3 heterocycles. The fourth-order valence-electron chi connectivity index (χ4n) is 3.37. The smallest absolute Gasteiger partial charge is 0.287 e. The summed E-state index contributed by atoms with van der Waals surface area (Å²) in [7, 11) is 0. The van der Waals surface area contributed by atoms with Crippen LogP contribution in [0.2, 0.25) is 0 Å². The number of hydrogen-bond donors (Lipinski definition) is 0. The summed E-state index contributed by atoms with van der Waals surface area (Å²) in [6.45, 7) is 7.06. The van der Waals surface area contributed by atoms with E-state index in [-0.39, 0.29) is 24.9 Å². The molecule has 3 aromatic rings. The monoisotopic (exact) mass is 427 g/mol. The first-order valence-electron chi connectivity index (χ1n) is 9.34. The third-order valence-electron chi connectivity index (χ3n) is 5.05. The number of alkyl halides is 2. The highest BCUT2D eigenvalue weighted by Gasteiger charge is 2.47. The maximum absolute atomic E-state index is 14.6. The molecule has 1 unspecified atom stereocenters. The molecule has 0 radical (unpaired) electrons. The van der Waals surface area contributed by atoms with E-state index in [2.05, 4.69) is 23.1 Å². The Balaban J connectivity index is 1.55. The Labute approximate surface area is 176 Å². The van der Waals surface area contributed by atoms with Gasteiger partial charge in [0.1, 0.15) is 0 Å². The van der Waals surface area contributed by atoms with E-state index in [0.29, 0.717) is 16.8 Å². The maximum Gasteiger partial charge on any atom is 0.287 e. The molecule has 4 rings (SSSR count). The number of nitrogens with zero attached hydrogens (tertiary/aromatic N) is 3. The minimum absolute atomic E-state index is 0.0540. The van der Waals surface area contributed by atoms with E-state index in [1.165, 1.54) is 28.4 Å². The van der Waals surface area contributed by atoms with E-state index in [1.54, 1.807) is 29.8 Å². The fourth-order valence-corrected chi connectivity index (χ4v) is 4.02. The molecular weight excluding hydrogens is 408 g/mol. The second-order valence-electron chi connectivity index (χ2n) is 6.94. The summed E-state index contributed by atoms with van der Waals surface area (Å²) in [5.41, 5.74) is 4.05. The molecule has 8 heteroatoms. The van der Waals surface area contributed by atoms with Crippen LogP contribution in [-0.2, 0) is 0 Å². The van der Waals surface area contributed by atoms with Gasteiger partial charge in [-0.25, -0.2) is 18.7 Å². The number of halogens is 2. The van der Waals surface area contributed by atoms with E-state index < -0.39 is 18.4 Å². The third kappa shape index (κ3) is 3.82. The average Bonchev–Trinajstić information content (AvgIpc) is 3.22. The Morgan fingerprint density at radius 2 is 2.10 bits per heavy atom. The van der Waals surface area contributed by atoms with Crippen molar-refractivity contribution in [2.45, 2.75) is 18.4 Å². The zero-order valence-electron chi connectivity index (χ0n) is 16.1. The largest absolute Gasteiger partial charge is 0.466 e. The first-order chi connectivity index (χ1) is 14.4. The van der Waals surface area contributed by atoms with Crippen molar-refractivity contribution in [2.75, 3.05) is 13.1 Å². The van der Waals surface area contributed by atoms with E-state index in [1.807, 2.05) is 6.07 Å². The molecule has 154 valence electrons. The van der Waals surface area contributed by atoms with Gasteiger partial charge in [0.15, 0.2) is 6.10 Å². The van der Waals surface area contributed by atoms with Gasteiger partial charge in [-0.15, -0.1) is 11.3 Å². The Morgan fingerprint density at radius 3 is 2.87 bits per heavy atom. The topological polar surface area (TPSA) is 55.3 Å². The molecule has 0 bridgehead atoms. The number of piperidine rings is 1. The molecule has 1 aromatic carbocycles. The van der Waals surface area contributed by atoms with Crippen LogP contribution in [0.1, 0.15) is 28.0 Å². The zero-order valence-corrected chi connectivity index (χ0v) is 16.9. The molecule has 1 amide bonds. The molecule has 0 saturated carbocycles. The number of ether oxygens (including phenoxy) is 1. The van der Waals surface area contributed by atoms with Crippen LogP contribution in [0.4, 0.5) is 8.78 Å². The van der Waals surface area contributed by atoms with Crippen LogP contribution in [0.25, 0.3) is 22.4 Å². The molecule has 1 fully saturated rings. The van der Waals surface area contributed by atoms with Crippen molar-refractivity contribution >= 4 is 39.6 Å². The van der Waals surface area contributed by atoms with E-state index >= 15 is 0 Å². The van der Waals surface area contributed by atoms with Gasteiger partial charge in [0.05, 0.1) is 28.0 Å². The lowest BCUT2D eigenvalue weighted by molar-refractivity contribution is -0.131. The number of likely N-dealkylation sites (tertiary alicyclic amines) is 1. The van der Waals surface area contributed by atoms with Gasteiger partial charge in [-0.05, 0) is 35.9 Å². The second-order valence-corrected chi connectivity index (χ2v) is 7.82. The van der Waals surface area contributed by atoms with Gasteiger partial charge in [0.25, 0.3) is 11.8 Å². The van der Waals surface area contributed by atoms with Gasteiger partial charge in [0, 0.05) is 24.6 Å². The van der Waals surface area contributed by atoms with Gasteiger partial charge in [-0.3, -0.25) is 4.79 Å². The van der Waals surface area contributed by atoms with E-state index in [4.69, 9.17) is 4.74 Å². The number of benzene rings is 1. The number of pyridine rings is 1. The number of amides is 1. The van der Waals surface area contributed by atoms with Gasteiger partial charge in [-0.1, -0.05) is 19.2 Å². The van der Waals surface area contributed by atoms with Crippen molar-refractivity contribution in [3.05, 3.63) is 65.8 Å². The number of aromatic nitrogens is 2. The number of carbonyl (C=O) groups is 1. The highest BCUT2D eigenvalue weighted by atomic mass is 32.1. The van der Waals surface area contributed by atoms with Crippen LogP contribution in [-0.4, -0.2) is 45.9 Å². The minimum atomic E-state index is -3.08. The summed E-state index contributed by atoms with van der Waals surface area (Å²) in [5.74, 6) is -3.35. The lowest BCUT2D eigenvalue weighted by Crippen LogP contribution is -2.55. The predicted octanol–water partition coefficient (Wildman–Crippen LogP) is 4.91. The van der Waals surface area contributed by atoms with Crippen molar-refractivity contribution in [2.24, 2.45) is 0 Å². The Kier molecular flexibility index (Phi) is 5.34. The van der Waals surface area contributed by atoms with Crippen LogP contribution < -0.4 is 4.74 Å². The van der Waals surface area contributed by atoms with Crippen LogP contribution in [0.15, 0.2) is 49.0 Å². The number of thiazole rings is 1. The number of hydrogen-bond acceptors (Lipinski definition) is 5. The molecule has 1 saturated heterocycles. The SMILES string of the molecule is C=Cc1ccc(OC2CN(C(=O)c3ccc4scnc4c3)CCC2(F)F)nc1C=C. The van der Waals surface area contributed by atoms with E-state index in [9.17, 15) is 13.6 Å². The van der Waals surface area contributed by atoms with Gasteiger partial charge < -0.3 is 9.64 Å². The van der Waals surface area contributed by atoms with Crippen molar-refractivity contribution in [3.8, 4) is 5.88 Å². The highest BCUT2D eigenvalue weighted by molar-refractivity contribution is 7.16. The molecule has 1 aliphatic heterocycles. The first-order valence-corrected chi connectivity index (χ1v) is 10.2. The first kappa shape index (κ1) is 20.2. The van der Waals surface area contributed by atoms with Gasteiger partial charge in [0.2, 0.25) is 5.88 Å². The molecular formula is C22H19F2N3O2S. The predicted molar refractivity (Wildman–Crippen MR) is 114 cm³/mol. The Morgan fingerprint density at radius 1 is 1.27 bits per heavy atom. The van der Waals surface area contributed by atoms with Gasteiger partial charge >= 0.3 is 0 Å². The quantitative estimate of drug-likeness (QED) is 0.581. The molecule has 5 nitrogen and oxygen atoms in total. The average molecular weight is 427 g/mol. The van der Waals surface area contributed by atoms with Crippen molar-refractivity contribution in [1.82, 2.24) is 14.9 Å². The minimum Gasteiger partial charge on any atom is -0.466 e. The summed E-state index contributed by atoms with van der Waals surface area (Å²) in [4.78, 5) is 22.7. The number of rotatable bonds is 5. The highest BCUT2D eigenvalue weighted by Crippen LogP contribution is 2.32. The maximum atomic E-state index is 14.6. The summed E-state index contributed by atoms with van der Waals surface area (Å²) < 4.78 is 35.6. The summed E-state index contributed by atoms with van der Waals surface area (Å²) in [5, 5.41) is 0. The Hall–Kier alpha value is -3.13. The van der Waals surface area contributed by atoms with Crippen molar-refractivity contribution in [1.29, 1.82) is 0 Å². The van der Waals surface area contributed by atoms with Crippen LogP contribution in [0, 0.1) is 0 Å². The molecule has 0 spiro atoms. The summed E-state index contributed by atoms with van der Waals surface area (Å²) in [6, 6.07) is 8.38. The van der Waals surface area contributed by atoms with E-state index in [0.717, 1.165) is 10.3 Å². The van der Waals surface area contributed by atoms with Crippen LogP contribution >= 0.6 is 11.3 Å². The molecule has 30 heavy (non-hydrogen) atoms. The number of carbonyl (C=O) groups excluding carboxylic acids is 1. The number of fused-ring (bicyclic) bond motifs is 1. The van der Waals surface area contributed by atoms with Gasteiger partial charge in [-0.2, -0.15) is 0 Å². The van der Waals surface area contributed by atoms with Crippen LogP contribution in [0.3, 0.4) is 0 Å². The Bertz CT molecular complexity index is 1130. The lowest BCUT2D eigenvalue weighted by atomic mass is 10.0. The summed E-state index contributed by atoms with van der Waals surface area (Å²) in [6.07, 6.45) is 1.12. The van der Waals surface area contributed by atoms with Crippen LogP contribution in [0.5, 0.6) is 5.88 Å². The second kappa shape index (κ2) is 7.95. The molecule has 1 atom stereocenters. The normalized spacial score (nSPS) is 18.2. The summed E-state index contributed by atoms with van der Waals surface area (Å²) >= 11 is 1.47. The standard InChI is InChI=1S/C22H19F2N3O2S/c1-3-14-6-8-20(26-16(14)4-2)29-19-12-27(10-9-22(19,23)24)21(28)15-5-7-18-17(11-15)25-13-30-18/h3-8,11,13,19H,1-2,9-10,12H2. The lowest BCUT2D eigenvalue weighted by Gasteiger charge is -2.38. The van der Waals surface area contributed by atoms with Crippen molar-refractivity contribution in [3.63, 3.8) is 0 Å². The van der Waals surface area contributed by atoms with Crippen molar-refractivity contribution < 1.29 is 18.3 Å².